The molecule has 1 atom stereocenters. The number of carbonyl (C=O) groups excluding carboxylic acids is 2. The average molecular weight is 339 g/mol. The van der Waals surface area contributed by atoms with E-state index in [2.05, 4.69) is 5.32 Å². The van der Waals surface area contributed by atoms with Crippen LogP contribution >= 0.6 is 11.6 Å². The number of halogens is 1. The molecule has 6 heteroatoms. The van der Waals surface area contributed by atoms with Crippen molar-refractivity contribution in [3.63, 3.8) is 0 Å². The average Bonchev–Trinajstić information content (AvgIpc) is 2.56. The van der Waals surface area contributed by atoms with Gasteiger partial charge in [0.1, 0.15) is 11.1 Å². The molecule has 1 aromatic carbocycles. The second-order valence-electron chi connectivity index (χ2n) is 5.80. The van der Waals surface area contributed by atoms with Crippen molar-refractivity contribution < 1.29 is 14.3 Å². The van der Waals surface area contributed by atoms with Crippen molar-refractivity contribution in [1.29, 1.82) is 0 Å². The van der Waals surface area contributed by atoms with Gasteiger partial charge in [0.05, 0.1) is 13.5 Å². The van der Waals surface area contributed by atoms with Crippen molar-refractivity contribution in [1.82, 2.24) is 10.2 Å². The Morgan fingerprint density at radius 2 is 1.91 bits per heavy atom. The number of ether oxygens (including phenoxy) is 1. The van der Waals surface area contributed by atoms with Crippen LogP contribution in [0.5, 0.6) is 5.75 Å². The Balaban J connectivity index is 1.80. The standard InChI is InChI=1S/C17H23ClN2O3/c1-12(18)17(22)19-14-7-9-20(10-8-14)16(21)11-13-3-5-15(23-2)6-4-13/h3-6,12,14H,7-11H2,1-2H3,(H,19,22). The number of piperidine rings is 1. The summed E-state index contributed by atoms with van der Waals surface area (Å²) in [4.78, 5) is 25.8. The van der Waals surface area contributed by atoms with Crippen molar-refractivity contribution in [2.24, 2.45) is 0 Å². The Labute approximate surface area is 141 Å². The first kappa shape index (κ1) is 17.6. The normalized spacial score (nSPS) is 16.7. The third-order valence-electron chi connectivity index (χ3n) is 4.07. The number of alkyl halides is 1. The molecule has 0 bridgehead atoms. The van der Waals surface area contributed by atoms with Crippen molar-refractivity contribution in [3.05, 3.63) is 29.8 Å². The summed E-state index contributed by atoms with van der Waals surface area (Å²) in [5.41, 5.74) is 0.974. The zero-order valence-corrected chi connectivity index (χ0v) is 14.3. The number of nitrogens with zero attached hydrogens (tertiary/aromatic N) is 1. The van der Waals surface area contributed by atoms with Gasteiger partial charge in [0, 0.05) is 19.1 Å². The fraction of sp³-hybridized carbons (Fsp3) is 0.529. The van der Waals surface area contributed by atoms with Crippen LogP contribution in [0.15, 0.2) is 24.3 Å². The van der Waals surface area contributed by atoms with E-state index >= 15 is 0 Å². The highest BCUT2D eigenvalue weighted by Crippen LogP contribution is 2.15. The summed E-state index contributed by atoms with van der Waals surface area (Å²) in [7, 11) is 1.62. The van der Waals surface area contributed by atoms with Gasteiger partial charge in [0.25, 0.3) is 0 Å². The molecule has 5 nitrogen and oxygen atoms in total. The van der Waals surface area contributed by atoms with E-state index in [1.807, 2.05) is 29.2 Å². The predicted molar refractivity (Wildman–Crippen MR) is 89.8 cm³/mol. The molecule has 0 radical (unpaired) electrons. The maximum atomic E-state index is 12.3. The molecule has 1 unspecified atom stereocenters. The van der Waals surface area contributed by atoms with Crippen LogP contribution in [0.2, 0.25) is 0 Å². The molecule has 1 N–H and O–H groups in total. The molecule has 1 heterocycles. The number of methoxy groups -OCH3 is 1. The summed E-state index contributed by atoms with van der Waals surface area (Å²) < 4.78 is 5.11. The summed E-state index contributed by atoms with van der Waals surface area (Å²) in [5.74, 6) is 0.756. The molecule has 23 heavy (non-hydrogen) atoms. The van der Waals surface area contributed by atoms with Crippen LogP contribution in [0, 0.1) is 0 Å². The second-order valence-corrected chi connectivity index (χ2v) is 6.46. The van der Waals surface area contributed by atoms with E-state index in [1.165, 1.54) is 0 Å². The lowest BCUT2D eigenvalue weighted by Gasteiger charge is -2.32. The molecule has 0 aliphatic carbocycles. The molecular formula is C17H23ClN2O3. The smallest absolute Gasteiger partial charge is 0.237 e. The van der Waals surface area contributed by atoms with Gasteiger partial charge in [0.15, 0.2) is 0 Å². The molecule has 1 saturated heterocycles. The van der Waals surface area contributed by atoms with Crippen molar-refractivity contribution in [3.8, 4) is 5.75 Å². The third kappa shape index (κ3) is 5.13. The first-order valence-electron chi connectivity index (χ1n) is 7.84. The molecule has 1 aromatic rings. The first-order valence-corrected chi connectivity index (χ1v) is 8.28. The SMILES string of the molecule is COc1ccc(CC(=O)N2CCC(NC(=O)C(C)Cl)CC2)cc1. The van der Waals surface area contributed by atoms with E-state index in [-0.39, 0.29) is 17.9 Å². The summed E-state index contributed by atoms with van der Waals surface area (Å²) in [6, 6.07) is 7.64. The van der Waals surface area contributed by atoms with E-state index < -0.39 is 5.38 Å². The minimum absolute atomic E-state index is 0.105. The molecule has 0 spiro atoms. The number of amides is 2. The summed E-state index contributed by atoms with van der Waals surface area (Å²) >= 11 is 5.75. The summed E-state index contributed by atoms with van der Waals surface area (Å²) in [6.07, 6.45) is 1.92. The molecule has 0 aromatic heterocycles. The largest absolute Gasteiger partial charge is 0.497 e. The summed E-state index contributed by atoms with van der Waals surface area (Å²) in [6.45, 7) is 2.98. The molecule has 1 aliphatic heterocycles. The van der Waals surface area contributed by atoms with Crippen LogP contribution in [0.3, 0.4) is 0 Å². The Hall–Kier alpha value is -1.75. The van der Waals surface area contributed by atoms with Crippen LogP contribution in [0.1, 0.15) is 25.3 Å². The predicted octanol–water partition coefficient (Wildman–Crippen LogP) is 1.97. The number of nitrogens with one attached hydrogen (secondary N) is 1. The van der Waals surface area contributed by atoms with Crippen LogP contribution in [0.25, 0.3) is 0 Å². The van der Waals surface area contributed by atoms with Gasteiger partial charge in [-0.1, -0.05) is 12.1 Å². The Kier molecular flexibility index (Phi) is 6.28. The topological polar surface area (TPSA) is 58.6 Å². The van der Waals surface area contributed by atoms with Gasteiger partial charge >= 0.3 is 0 Å². The number of rotatable bonds is 5. The fourth-order valence-electron chi connectivity index (χ4n) is 2.62. The quantitative estimate of drug-likeness (QED) is 0.835. The number of benzene rings is 1. The minimum Gasteiger partial charge on any atom is -0.497 e. The molecule has 126 valence electrons. The van der Waals surface area contributed by atoms with Gasteiger partial charge in [-0.3, -0.25) is 9.59 Å². The monoisotopic (exact) mass is 338 g/mol. The van der Waals surface area contributed by atoms with Gasteiger partial charge in [-0.15, -0.1) is 11.6 Å². The summed E-state index contributed by atoms with van der Waals surface area (Å²) in [5, 5.41) is 2.39. The maximum Gasteiger partial charge on any atom is 0.237 e. The lowest BCUT2D eigenvalue weighted by atomic mass is 10.0. The highest BCUT2D eigenvalue weighted by Gasteiger charge is 2.24. The lowest BCUT2D eigenvalue weighted by molar-refractivity contribution is -0.131. The Morgan fingerprint density at radius 1 is 1.30 bits per heavy atom. The maximum absolute atomic E-state index is 12.3. The van der Waals surface area contributed by atoms with E-state index in [1.54, 1.807) is 14.0 Å². The number of likely N-dealkylation sites (tertiary alicyclic amines) is 1. The fourth-order valence-corrected chi connectivity index (χ4v) is 2.68. The van der Waals surface area contributed by atoms with Crippen LogP contribution in [-0.2, 0) is 16.0 Å². The van der Waals surface area contributed by atoms with Gasteiger partial charge in [-0.05, 0) is 37.5 Å². The number of hydrogen-bond donors (Lipinski definition) is 1. The van der Waals surface area contributed by atoms with Crippen molar-refractivity contribution >= 4 is 23.4 Å². The van der Waals surface area contributed by atoms with Crippen LogP contribution in [0.4, 0.5) is 0 Å². The zero-order chi connectivity index (χ0) is 16.8. The van der Waals surface area contributed by atoms with Gasteiger partial charge < -0.3 is 15.0 Å². The van der Waals surface area contributed by atoms with Gasteiger partial charge in [-0.25, -0.2) is 0 Å². The van der Waals surface area contributed by atoms with Gasteiger partial charge in [-0.2, -0.15) is 0 Å². The molecule has 2 amide bonds. The Bertz CT molecular complexity index is 537. The molecule has 1 aliphatic rings. The number of carbonyl (C=O) groups is 2. The number of hydrogen-bond acceptors (Lipinski definition) is 3. The first-order chi connectivity index (χ1) is 11.0. The Morgan fingerprint density at radius 3 is 2.43 bits per heavy atom. The van der Waals surface area contributed by atoms with E-state index in [4.69, 9.17) is 16.3 Å². The molecular weight excluding hydrogens is 316 g/mol. The van der Waals surface area contributed by atoms with Gasteiger partial charge in [0.2, 0.25) is 11.8 Å². The van der Waals surface area contributed by atoms with Crippen molar-refractivity contribution in [2.75, 3.05) is 20.2 Å². The van der Waals surface area contributed by atoms with E-state index in [0.29, 0.717) is 19.5 Å². The van der Waals surface area contributed by atoms with E-state index in [0.717, 1.165) is 24.2 Å². The molecule has 1 fully saturated rings. The third-order valence-corrected chi connectivity index (χ3v) is 4.27. The zero-order valence-electron chi connectivity index (χ0n) is 13.5. The second kappa shape index (κ2) is 8.20. The van der Waals surface area contributed by atoms with E-state index in [9.17, 15) is 9.59 Å². The highest BCUT2D eigenvalue weighted by atomic mass is 35.5. The minimum atomic E-state index is -0.523. The highest BCUT2D eigenvalue weighted by molar-refractivity contribution is 6.30. The van der Waals surface area contributed by atoms with Crippen LogP contribution < -0.4 is 10.1 Å². The molecule has 2 rings (SSSR count). The molecule has 0 saturated carbocycles. The van der Waals surface area contributed by atoms with Crippen molar-refractivity contribution in [2.45, 2.75) is 37.6 Å². The lowest BCUT2D eigenvalue weighted by Crippen LogP contribution is -2.48. The van der Waals surface area contributed by atoms with Crippen LogP contribution in [-0.4, -0.2) is 48.3 Å².